The van der Waals surface area contributed by atoms with Crippen LogP contribution in [0.15, 0.2) is 0 Å². The van der Waals surface area contributed by atoms with E-state index in [0.29, 0.717) is 0 Å². The zero-order chi connectivity index (χ0) is 9.52. The maximum Gasteiger partial charge on any atom is 0.0116 e. The van der Waals surface area contributed by atoms with E-state index in [-0.39, 0.29) is 0 Å². The Morgan fingerprint density at radius 1 is 1.46 bits per heavy atom. The Morgan fingerprint density at radius 3 is 2.77 bits per heavy atom. The molecule has 0 bridgehead atoms. The first-order valence-electron chi connectivity index (χ1n) is 5.19. The predicted octanol–water partition coefficient (Wildman–Crippen LogP) is 1.08. The zero-order valence-corrected chi connectivity index (χ0v) is 8.55. The van der Waals surface area contributed by atoms with Crippen LogP contribution in [0.5, 0.6) is 0 Å². The highest BCUT2D eigenvalue weighted by Crippen LogP contribution is 2.10. The molecule has 0 atom stereocenters. The third-order valence-corrected chi connectivity index (χ3v) is 2.76. The minimum atomic E-state index is 0.777. The molecule has 1 aliphatic rings. The topological polar surface area (TPSA) is 15.3 Å². The van der Waals surface area contributed by atoms with Crippen LogP contribution in [0.2, 0.25) is 0 Å². The van der Waals surface area contributed by atoms with Crippen LogP contribution >= 0.6 is 0 Å². The van der Waals surface area contributed by atoms with E-state index < -0.39 is 0 Å². The monoisotopic (exact) mass is 180 g/mol. The van der Waals surface area contributed by atoms with Crippen molar-refractivity contribution in [2.24, 2.45) is 0 Å². The molecule has 0 aliphatic carbocycles. The van der Waals surface area contributed by atoms with Crippen molar-refractivity contribution in [1.29, 1.82) is 0 Å². The minimum absolute atomic E-state index is 0.777. The first-order chi connectivity index (χ1) is 6.34. The van der Waals surface area contributed by atoms with Crippen molar-refractivity contribution in [2.75, 3.05) is 26.7 Å². The average Bonchev–Trinajstić information content (AvgIpc) is 2.19. The number of nitrogens with zero attached hydrogens (tertiary/aromatic N) is 1. The number of rotatable bonds is 4. The maximum atomic E-state index is 5.21. The third-order valence-electron chi connectivity index (χ3n) is 2.76. The van der Waals surface area contributed by atoms with E-state index in [0.717, 1.165) is 25.4 Å². The van der Waals surface area contributed by atoms with Crippen LogP contribution in [-0.4, -0.2) is 37.6 Å². The molecule has 1 saturated heterocycles. The van der Waals surface area contributed by atoms with Crippen LogP contribution in [0, 0.1) is 12.3 Å². The van der Waals surface area contributed by atoms with Crippen molar-refractivity contribution >= 4 is 0 Å². The molecule has 0 saturated carbocycles. The second-order valence-electron chi connectivity index (χ2n) is 3.77. The van der Waals surface area contributed by atoms with Gasteiger partial charge >= 0.3 is 0 Å². The standard InChI is InChI=1S/C11H20N2/c1-3-4-5-10-13(2)11-6-8-12-9-7-11/h1,11-12H,4-10H2,2H3. The molecule has 74 valence electrons. The third kappa shape index (κ3) is 3.80. The van der Waals surface area contributed by atoms with Crippen LogP contribution in [0.3, 0.4) is 0 Å². The van der Waals surface area contributed by atoms with Gasteiger partial charge in [-0.3, -0.25) is 0 Å². The molecule has 2 heteroatoms. The molecular formula is C11H20N2. The summed E-state index contributed by atoms with van der Waals surface area (Å²) in [6, 6.07) is 0.777. The van der Waals surface area contributed by atoms with E-state index in [1.807, 2.05) is 0 Å². The molecule has 0 aromatic rings. The number of hydrogen-bond donors (Lipinski definition) is 1. The molecule has 0 aromatic carbocycles. The lowest BCUT2D eigenvalue weighted by Gasteiger charge is -2.31. The molecule has 1 fully saturated rings. The Balaban J connectivity index is 2.14. The Bertz CT molecular complexity index is 165. The summed E-state index contributed by atoms with van der Waals surface area (Å²) in [5.74, 6) is 2.69. The summed E-state index contributed by atoms with van der Waals surface area (Å²) >= 11 is 0. The van der Waals surface area contributed by atoms with Crippen LogP contribution < -0.4 is 5.32 Å². The first kappa shape index (κ1) is 10.6. The number of hydrogen-bond acceptors (Lipinski definition) is 2. The summed E-state index contributed by atoms with van der Waals surface area (Å²) in [7, 11) is 2.21. The van der Waals surface area contributed by atoms with Gasteiger partial charge in [-0.25, -0.2) is 0 Å². The summed E-state index contributed by atoms with van der Waals surface area (Å²) in [4.78, 5) is 2.46. The van der Waals surface area contributed by atoms with E-state index in [4.69, 9.17) is 6.42 Å². The molecule has 0 radical (unpaired) electrons. The molecule has 13 heavy (non-hydrogen) atoms. The fraction of sp³-hybridized carbons (Fsp3) is 0.818. The van der Waals surface area contributed by atoms with E-state index in [2.05, 4.69) is 23.2 Å². The normalized spacial score (nSPS) is 18.8. The Hall–Kier alpha value is -0.520. The summed E-state index contributed by atoms with van der Waals surface area (Å²) in [5, 5.41) is 3.38. The first-order valence-corrected chi connectivity index (χ1v) is 5.19. The second-order valence-corrected chi connectivity index (χ2v) is 3.77. The Labute approximate surface area is 81.7 Å². The average molecular weight is 180 g/mol. The van der Waals surface area contributed by atoms with Crippen LogP contribution in [0.25, 0.3) is 0 Å². The lowest BCUT2D eigenvalue weighted by Crippen LogP contribution is -2.41. The molecular weight excluding hydrogens is 160 g/mol. The van der Waals surface area contributed by atoms with Gasteiger partial charge in [-0.05, 0) is 45.9 Å². The van der Waals surface area contributed by atoms with Crippen LogP contribution in [0.4, 0.5) is 0 Å². The second kappa shape index (κ2) is 6.01. The maximum absolute atomic E-state index is 5.21. The summed E-state index contributed by atoms with van der Waals surface area (Å²) < 4.78 is 0. The van der Waals surface area contributed by atoms with E-state index in [1.54, 1.807) is 0 Å². The van der Waals surface area contributed by atoms with Crippen LogP contribution in [-0.2, 0) is 0 Å². The predicted molar refractivity (Wildman–Crippen MR) is 56.6 cm³/mol. The summed E-state index contributed by atoms with van der Waals surface area (Å²) in [5.41, 5.74) is 0. The van der Waals surface area contributed by atoms with Crippen LogP contribution in [0.1, 0.15) is 25.7 Å². The van der Waals surface area contributed by atoms with Gasteiger partial charge in [0.15, 0.2) is 0 Å². The highest BCUT2D eigenvalue weighted by molar-refractivity contribution is 4.84. The van der Waals surface area contributed by atoms with Gasteiger partial charge in [-0.2, -0.15) is 0 Å². The largest absolute Gasteiger partial charge is 0.317 e. The molecule has 0 spiro atoms. The summed E-state index contributed by atoms with van der Waals surface area (Å²) in [6.45, 7) is 3.49. The van der Waals surface area contributed by atoms with Crippen molar-refractivity contribution in [3.05, 3.63) is 0 Å². The zero-order valence-electron chi connectivity index (χ0n) is 8.55. The van der Waals surface area contributed by atoms with Crippen molar-refractivity contribution in [2.45, 2.75) is 31.7 Å². The van der Waals surface area contributed by atoms with E-state index >= 15 is 0 Å². The quantitative estimate of drug-likeness (QED) is 0.514. The molecule has 1 heterocycles. The lowest BCUT2D eigenvalue weighted by atomic mass is 10.1. The van der Waals surface area contributed by atoms with Gasteiger partial charge in [0.1, 0.15) is 0 Å². The summed E-state index contributed by atoms with van der Waals surface area (Å²) in [6.07, 6.45) is 9.83. The highest BCUT2D eigenvalue weighted by atomic mass is 15.1. The minimum Gasteiger partial charge on any atom is -0.317 e. The van der Waals surface area contributed by atoms with Gasteiger partial charge in [0.2, 0.25) is 0 Å². The Morgan fingerprint density at radius 2 is 2.15 bits per heavy atom. The number of unbranched alkanes of at least 4 members (excludes halogenated alkanes) is 1. The van der Waals surface area contributed by atoms with Gasteiger partial charge in [0.25, 0.3) is 0 Å². The molecule has 1 rings (SSSR count). The Kier molecular flexibility index (Phi) is 4.88. The van der Waals surface area contributed by atoms with Gasteiger partial charge < -0.3 is 10.2 Å². The molecule has 0 amide bonds. The molecule has 1 N–H and O–H groups in total. The molecule has 1 aliphatic heterocycles. The van der Waals surface area contributed by atoms with Crippen molar-refractivity contribution in [1.82, 2.24) is 10.2 Å². The van der Waals surface area contributed by atoms with Crippen molar-refractivity contribution in [3.63, 3.8) is 0 Å². The molecule has 2 nitrogen and oxygen atoms in total. The van der Waals surface area contributed by atoms with E-state index in [9.17, 15) is 0 Å². The van der Waals surface area contributed by atoms with Gasteiger partial charge in [0.05, 0.1) is 0 Å². The fourth-order valence-corrected chi connectivity index (χ4v) is 1.86. The van der Waals surface area contributed by atoms with Crippen molar-refractivity contribution in [3.8, 4) is 12.3 Å². The fourth-order valence-electron chi connectivity index (χ4n) is 1.86. The number of piperidine rings is 1. The smallest absolute Gasteiger partial charge is 0.0116 e. The van der Waals surface area contributed by atoms with Crippen molar-refractivity contribution < 1.29 is 0 Å². The SMILES string of the molecule is C#CCCCN(C)C1CCNCC1. The number of terminal acetylenes is 1. The lowest BCUT2D eigenvalue weighted by molar-refractivity contribution is 0.198. The van der Waals surface area contributed by atoms with Gasteiger partial charge in [0, 0.05) is 12.5 Å². The number of nitrogens with one attached hydrogen (secondary N) is 1. The van der Waals surface area contributed by atoms with Gasteiger partial charge in [-0.1, -0.05) is 0 Å². The molecule has 0 unspecified atom stereocenters. The molecule has 0 aromatic heterocycles. The highest BCUT2D eigenvalue weighted by Gasteiger charge is 2.16. The van der Waals surface area contributed by atoms with Gasteiger partial charge in [-0.15, -0.1) is 12.3 Å². The van der Waals surface area contributed by atoms with E-state index in [1.165, 1.54) is 25.9 Å².